The zero-order valence-corrected chi connectivity index (χ0v) is 15.8. The van der Waals surface area contributed by atoms with Crippen LogP contribution in [-0.2, 0) is 11.2 Å². The zero-order chi connectivity index (χ0) is 18.6. The Hall–Kier alpha value is -2.99. The van der Waals surface area contributed by atoms with Crippen molar-refractivity contribution in [2.45, 2.75) is 19.3 Å². The number of carbonyl (C=O) groups excluding carboxylic acids is 1. The van der Waals surface area contributed by atoms with Crippen molar-refractivity contribution >= 4 is 33.7 Å². The maximum Gasteiger partial charge on any atom is 0.226 e. The molecule has 1 amide bonds. The third kappa shape index (κ3) is 3.75. The Balaban J connectivity index is 1.38. The Morgan fingerprint density at radius 1 is 1.11 bits per heavy atom. The molecule has 2 aromatic heterocycles. The first-order chi connectivity index (χ1) is 13.2. The SMILES string of the molecule is CN(C(=O)CCCc1nc(-c2cccs2)no1)c1cccc2ccccc12. The molecule has 4 aromatic rings. The van der Waals surface area contributed by atoms with Crippen LogP contribution in [0.5, 0.6) is 0 Å². The second kappa shape index (κ2) is 7.72. The van der Waals surface area contributed by atoms with Crippen molar-refractivity contribution in [3.8, 4) is 10.7 Å². The molecule has 2 aromatic carbocycles. The van der Waals surface area contributed by atoms with Gasteiger partial charge in [0.05, 0.1) is 10.6 Å². The number of thiophene rings is 1. The van der Waals surface area contributed by atoms with Crippen LogP contribution in [-0.4, -0.2) is 23.1 Å². The molecule has 0 atom stereocenters. The fraction of sp³-hybridized carbons (Fsp3) is 0.190. The highest BCUT2D eigenvalue weighted by Gasteiger charge is 2.15. The third-order valence-electron chi connectivity index (χ3n) is 4.49. The van der Waals surface area contributed by atoms with Gasteiger partial charge in [-0.2, -0.15) is 4.98 Å². The molecule has 0 fully saturated rings. The van der Waals surface area contributed by atoms with Gasteiger partial charge in [0.1, 0.15) is 0 Å². The van der Waals surface area contributed by atoms with E-state index in [0.717, 1.165) is 21.3 Å². The van der Waals surface area contributed by atoms with E-state index in [1.807, 2.05) is 54.9 Å². The summed E-state index contributed by atoms with van der Waals surface area (Å²) in [6, 6.07) is 18.0. The monoisotopic (exact) mass is 377 g/mol. The van der Waals surface area contributed by atoms with E-state index in [-0.39, 0.29) is 5.91 Å². The zero-order valence-electron chi connectivity index (χ0n) is 15.0. The van der Waals surface area contributed by atoms with Gasteiger partial charge in [-0.05, 0) is 29.3 Å². The van der Waals surface area contributed by atoms with Gasteiger partial charge in [-0.1, -0.05) is 47.6 Å². The quantitative estimate of drug-likeness (QED) is 0.478. The van der Waals surface area contributed by atoms with Crippen molar-refractivity contribution in [1.82, 2.24) is 10.1 Å². The number of fused-ring (bicyclic) bond motifs is 1. The number of aromatic nitrogens is 2. The van der Waals surface area contributed by atoms with Crippen molar-refractivity contribution in [3.05, 3.63) is 65.9 Å². The Kier molecular flexibility index (Phi) is 4.98. The number of benzene rings is 2. The molecule has 6 heteroatoms. The van der Waals surface area contributed by atoms with Crippen molar-refractivity contribution in [2.24, 2.45) is 0 Å². The molecule has 4 rings (SSSR count). The minimum Gasteiger partial charge on any atom is -0.339 e. The summed E-state index contributed by atoms with van der Waals surface area (Å²) in [5.74, 6) is 1.25. The van der Waals surface area contributed by atoms with Gasteiger partial charge in [0.2, 0.25) is 17.6 Å². The van der Waals surface area contributed by atoms with Crippen molar-refractivity contribution < 1.29 is 9.32 Å². The van der Waals surface area contributed by atoms with E-state index < -0.39 is 0 Å². The van der Waals surface area contributed by atoms with Gasteiger partial charge >= 0.3 is 0 Å². The van der Waals surface area contributed by atoms with E-state index in [9.17, 15) is 4.79 Å². The van der Waals surface area contributed by atoms with Gasteiger partial charge in [0.25, 0.3) is 0 Å². The number of carbonyl (C=O) groups is 1. The molecule has 27 heavy (non-hydrogen) atoms. The van der Waals surface area contributed by atoms with Gasteiger partial charge in [-0.3, -0.25) is 4.79 Å². The summed E-state index contributed by atoms with van der Waals surface area (Å²) < 4.78 is 5.29. The fourth-order valence-electron chi connectivity index (χ4n) is 3.06. The average Bonchev–Trinajstić information content (AvgIpc) is 3.38. The lowest BCUT2D eigenvalue weighted by molar-refractivity contribution is -0.118. The highest BCUT2D eigenvalue weighted by Crippen LogP contribution is 2.26. The van der Waals surface area contributed by atoms with Crippen LogP contribution in [0.1, 0.15) is 18.7 Å². The minimum atomic E-state index is 0.0735. The first-order valence-corrected chi connectivity index (χ1v) is 9.71. The molecule has 0 spiro atoms. The molecule has 0 N–H and O–H groups in total. The fourth-order valence-corrected chi connectivity index (χ4v) is 3.71. The maximum absolute atomic E-state index is 12.6. The molecule has 0 aliphatic rings. The molecule has 0 bridgehead atoms. The molecule has 0 radical (unpaired) electrons. The summed E-state index contributed by atoms with van der Waals surface area (Å²) in [4.78, 5) is 19.7. The van der Waals surface area contributed by atoms with Crippen LogP contribution in [0, 0.1) is 0 Å². The summed E-state index contributed by atoms with van der Waals surface area (Å²) in [5, 5.41) is 8.19. The summed E-state index contributed by atoms with van der Waals surface area (Å²) in [5.41, 5.74) is 0.927. The Morgan fingerprint density at radius 3 is 2.81 bits per heavy atom. The van der Waals surface area contributed by atoms with Crippen LogP contribution in [0.3, 0.4) is 0 Å². The third-order valence-corrected chi connectivity index (χ3v) is 5.36. The second-order valence-corrected chi connectivity index (χ2v) is 7.24. The second-order valence-electron chi connectivity index (χ2n) is 6.29. The van der Waals surface area contributed by atoms with Crippen LogP contribution < -0.4 is 4.90 Å². The predicted molar refractivity (Wildman–Crippen MR) is 108 cm³/mol. The van der Waals surface area contributed by atoms with Crippen molar-refractivity contribution in [3.63, 3.8) is 0 Å². The number of nitrogens with zero attached hydrogens (tertiary/aromatic N) is 3. The van der Waals surface area contributed by atoms with Gasteiger partial charge in [-0.25, -0.2) is 0 Å². The first kappa shape index (κ1) is 17.4. The average molecular weight is 377 g/mol. The Bertz CT molecular complexity index is 1050. The number of aryl methyl sites for hydroxylation is 1. The lowest BCUT2D eigenvalue weighted by atomic mass is 10.1. The van der Waals surface area contributed by atoms with Crippen LogP contribution in [0.15, 0.2) is 64.5 Å². The molecular weight excluding hydrogens is 358 g/mol. The molecule has 0 aliphatic carbocycles. The van der Waals surface area contributed by atoms with E-state index in [1.165, 1.54) is 0 Å². The largest absolute Gasteiger partial charge is 0.339 e. The highest BCUT2D eigenvalue weighted by atomic mass is 32.1. The maximum atomic E-state index is 12.6. The Labute approximate surface area is 161 Å². The number of anilines is 1. The van der Waals surface area contributed by atoms with E-state index in [1.54, 1.807) is 16.2 Å². The lowest BCUT2D eigenvalue weighted by Gasteiger charge is -2.19. The number of hydrogen-bond donors (Lipinski definition) is 0. The van der Waals surface area contributed by atoms with E-state index in [0.29, 0.717) is 31.0 Å². The smallest absolute Gasteiger partial charge is 0.226 e. The summed E-state index contributed by atoms with van der Waals surface area (Å²) >= 11 is 1.57. The standard InChI is InChI=1S/C21H19N3O2S/c1-24(17-10-4-8-15-7-2-3-9-16(15)17)20(25)13-5-12-19-22-21(23-26-19)18-11-6-14-27-18/h2-4,6-11,14H,5,12-13H2,1H3. The highest BCUT2D eigenvalue weighted by molar-refractivity contribution is 7.13. The van der Waals surface area contributed by atoms with Crippen LogP contribution in [0.4, 0.5) is 5.69 Å². The molecular formula is C21H19N3O2S. The lowest BCUT2D eigenvalue weighted by Crippen LogP contribution is -2.26. The minimum absolute atomic E-state index is 0.0735. The predicted octanol–water partition coefficient (Wildman–Crippen LogP) is 4.94. The van der Waals surface area contributed by atoms with E-state index >= 15 is 0 Å². The van der Waals surface area contributed by atoms with Gasteiger partial charge in [-0.15, -0.1) is 11.3 Å². The summed E-state index contributed by atoms with van der Waals surface area (Å²) in [7, 11) is 1.83. The molecule has 2 heterocycles. The summed E-state index contributed by atoms with van der Waals surface area (Å²) in [6.45, 7) is 0. The van der Waals surface area contributed by atoms with Crippen molar-refractivity contribution in [2.75, 3.05) is 11.9 Å². The van der Waals surface area contributed by atoms with E-state index in [2.05, 4.69) is 22.3 Å². The molecule has 0 saturated heterocycles. The van der Waals surface area contributed by atoms with Crippen molar-refractivity contribution in [1.29, 1.82) is 0 Å². The molecule has 0 unspecified atom stereocenters. The van der Waals surface area contributed by atoms with Crippen LogP contribution >= 0.6 is 11.3 Å². The number of amides is 1. The number of rotatable bonds is 6. The first-order valence-electron chi connectivity index (χ1n) is 8.83. The van der Waals surface area contributed by atoms with E-state index in [4.69, 9.17) is 4.52 Å². The van der Waals surface area contributed by atoms with Crippen LogP contribution in [0.2, 0.25) is 0 Å². The summed E-state index contributed by atoms with van der Waals surface area (Å²) in [6.07, 6.45) is 1.68. The van der Waals surface area contributed by atoms with Gasteiger partial charge < -0.3 is 9.42 Å². The molecule has 5 nitrogen and oxygen atoms in total. The number of hydrogen-bond acceptors (Lipinski definition) is 5. The molecule has 0 saturated carbocycles. The molecule has 0 aliphatic heterocycles. The Morgan fingerprint density at radius 2 is 1.96 bits per heavy atom. The van der Waals surface area contributed by atoms with Gasteiger partial charge in [0.15, 0.2) is 0 Å². The molecule has 136 valence electrons. The topological polar surface area (TPSA) is 59.2 Å². The normalized spacial score (nSPS) is 11.0. The van der Waals surface area contributed by atoms with Crippen LogP contribution in [0.25, 0.3) is 21.5 Å². The van der Waals surface area contributed by atoms with Gasteiger partial charge in [0, 0.05) is 25.3 Å².